The molecule has 20 heavy (non-hydrogen) atoms. The van der Waals surface area contributed by atoms with Gasteiger partial charge in [0.25, 0.3) is 0 Å². The SMILES string of the molecule is O=S(=O)(c1ccccc1)c1[c-]cc2cccccc1-2.[Li+]. The maximum absolute atomic E-state index is 12.6. The Morgan fingerprint density at radius 2 is 1.40 bits per heavy atom. The summed E-state index contributed by atoms with van der Waals surface area (Å²) in [6.07, 6.45) is 0. The van der Waals surface area contributed by atoms with Crippen LogP contribution >= 0.6 is 0 Å². The topological polar surface area (TPSA) is 34.1 Å². The van der Waals surface area contributed by atoms with Crippen LogP contribution in [0.15, 0.2) is 76.5 Å². The first-order chi connectivity index (χ1) is 9.19. The number of fused-ring (bicyclic) bond motifs is 1. The van der Waals surface area contributed by atoms with Gasteiger partial charge in [0, 0.05) is 0 Å². The third kappa shape index (κ3) is 2.53. The molecule has 0 saturated carbocycles. The third-order valence-electron chi connectivity index (χ3n) is 3.00. The van der Waals surface area contributed by atoms with Gasteiger partial charge in [-0.15, -0.1) is 12.1 Å². The van der Waals surface area contributed by atoms with Gasteiger partial charge in [0.1, 0.15) is 0 Å². The smallest absolute Gasteiger partial charge is 0.221 e. The fourth-order valence-electron chi connectivity index (χ4n) is 2.05. The van der Waals surface area contributed by atoms with Crippen LogP contribution in [0.1, 0.15) is 0 Å². The molecule has 0 amide bonds. The van der Waals surface area contributed by atoms with Crippen molar-refractivity contribution in [2.45, 2.75) is 9.79 Å². The Morgan fingerprint density at radius 3 is 2.10 bits per heavy atom. The summed E-state index contributed by atoms with van der Waals surface area (Å²) in [4.78, 5) is 0.537. The second kappa shape index (κ2) is 5.84. The Bertz CT molecular complexity index is 783. The van der Waals surface area contributed by atoms with Gasteiger partial charge in [-0.25, -0.2) is 8.42 Å². The Morgan fingerprint density at radius 1 is 0.800 bits per heavy atom. The first-order valence-electron chi connectivity index (χ1n) is 5.89. The third-order valence-corrected chi connectivity index (χ3v) is 4.77. The molecule has 94 valence electrons. The molecule has 0 saturated heterocycles. The maximum atomic E-state index is 12.6. The minimum Gasteiger partial charge on any atom is -0.221 e. The molecule has 2 aliphatic rings. The average molecular weight is 274 g/mol. The van der Waals surface area contributed by atoms with Crippen LogP contribution in [0.2, 0.25) is 0 Å². The molecule has 0 N–H and O–H groups in total. The molecule has 3 rings (SSSR count). The Labute approximate surface area is 130 Å². The van der Waals surface area contributed by atoms with Gasteiger partial charge in [0.2, 0.25) is 0 Å². The van der Waals surface area contributed by atoms with E-state index in [1.54, 1.807) is 36.4 Å². The second-order valence-corrected chi connectivity index (χ2v) is 6.10. The summed E-state index contributed by atoms with van der Waals surface area (Å²) in [5.74, 6) is 0. The first kappa shape index (κ1) is 14.9. The summed E-state index contributed by atoms with van der Waals surface area (Å²) in [6.45, 7) is 0. The molecule has 0 aromatic heterocycles. The van der Waals surface area contributed by atoms with E-state index >= 15 is 0 Å². The van der Waals surface area contributed by atoms with Gasteiger partial charge in [-0.1, -0.05) is 36.4 Å². The van der Waals surface area contributed by atoms with Crippen LogP contribution < -0.4 is 18.9 Å². The summed E-state index contributed by atoms with van der Waals surface area (Å²) < 4.78 is 25.2. The molecule has 0 heterocycles. The molecule has 0 spiro atoms. The number of hydrogen-bond acceptors (Lipinski definition) is 2. The molecule has 0 aliphatic heterocycles. The van der Waals surface area contributed by atoms with E-state index in [0.29, 0.717) is 10.5 Å². The Balaban J connectivity index is 0.00000147. The van der Waals surface area contributed by atoms with Crippen molar-refractivity contribution < 1.29 is 27.3 Å². The summed E-state index contributed by atoms with van der Waals surface area (Å²) in [7, 11) is -3.51. The molecular weight excluding hydrogens is 263 g/mol. The predicted molar refractivity (Wildman–Crippen MR) is 73.8 cm³/mol. The second-order valence-electron chi connectivity index (χ2n) is 4.21. The van der Waals surface area contributed by atoms with E-state index < -0.39 is 9.84 Å². The monoisotopic (exact) mass is 274 g/mol. The summed E-state index contributed by atoms with van der Waals surface area (Å²) >= 11 is 0. The molecule has 0 bridgehead atoms. The van der Waals surface area contributed by atoms with Crippen LogP contribution in [0, 0.1) is 6.07 Å². The van der Waals surface area contributed by atoms with Gasteiger partial charge in [-0.2, -0.15) is 23.3 Å². The van der Waals surface area contributed by atoms with E-state index in [1.807, 2.05) is 30.3 Å². The van der Waals surface area contributed by atoms with Crippen LogP contribution in [-0.2, 0) is 9.84 Å². The summed E-state index contributed by atoms with van der Waals surface area (Å²) in [5, 5.41) is 0. The van der Waals surface area contributed by atoms with Crippen LogP contribution in [0.5, 0.6) is 0 Å². The standard InChI is InChI=1S/C16H11O2S.Li/c17-19(18,14-8-4-2-5-9-14)16-12-11-13-7-3-1-6-10-15(13)16;/h1-11H;/q-1;+1. The molecule has 0 radical (unpaired) electrons. The number of benzene rings is 1. The van der Waals surface area contributed by atoms with E-state index in [9.17, 15) is 8.42 Å². The predicted octanol–water partition coefficient (Wildman–Crippen LogP) is 0.428. The van der Waals surface area contributed by atoms with Gasteiger partial charge in [0.05, 0.1) is 4.90 Å². The molecule has 1 aromatic carbocycles. The van der Waals surface area contributed by atoms with Crippen molar-refractivity contribution in [2.75, 3.05) is 0 Å². The van der Waals surface area contributed by atoms with E-state index in [-0.39, 0.29) is 23.8 Å². The van der Waals surface area contributed by atoms with Crippen molar-refractivity contribution in [1.29, 1.82) is 0 Å². The van der Waals surface area contributed by atoms with Gasteiger partial charge >= 0.3 is 18.9 Å². The molecule has 1 aromatic rings. The van der Waals surface area contributed by atoms with Crippen LogP contribution in [0.3, 0.4) is 0 Å². The summed E-state index contributed by atoms with van der Waals surface area (Å²) in [6, 6.07) is 22.3. The summed E-state index contributed by atoms with van der Waals surface area (Å²) in [5.41, 5.74) is 1.58. The Hall–Kier alpha value is -1.53. The van der Waals surface area contributed by atoms with Gasteiger partial charge < -0.3 is 0 Å². The van der Waals surface area contributed by atoms with Crippen LogP contribution in [0.4, 0.5) is 0 Å². The fourth-order valence-corrected chi connectivity index (χ4v) is 3.50. The van der Waals surface area contributed by atoms with E-state index in [1.165, 1.54) is 0 Å². The maximum Gasteiger partial charge on any atom is 1.00 e. The van der Waals surface area contributed by atoms with Crippen molar-refractivity contribution in [3.8, 4) is 11.1 Å². The Kier molecular flexibility index (Phi) is 4.35. The van der Waals surface area contributed by atoms with Crippen molar-refractivity contribution in [3.05, 3.63) is 72.8 Å². The van der Waals surface area contributed by atoms with Crippen molar-refractivity contribution >= 4 is 9.84 Å². The molecule has 2 aliphatic carbocycles. The zero-order valence-electron chi connectivity index (χ0n) is 11.1. The zero-order valence-corrected chi connectivity index (χ0v) is 11.9. The van der Waals surface area contributed by atoms with Gasteiger partial charge in [-0.05, 0) is 17.0 Å². The quantitative estimate of drug-likeness (QED) is 0.501. The minimum absolute atomic E-state index is 0. The first-order valence-corrected chi connectivity index (χ1v) is 7.37. The number of sulfone groups is 1. The largest absolute Gasteiger partial charge is 1.00 e. The number of rotatable bonds is 2. The molecule has 0 atom stereocenters. The van der Waals surface area contributed by atoms with Crippen molar-refractivity contribution in [2.24, 2.45) is 0 Å². The fraction of sp³-hybridized carbons (Fsp3) is 0. The van der Waals surface area contributed by atoms with Gasteiger partial charge in [-0.3, -0.25) is 0 Å². The zero-order chi connectivity index (χ0) is 13.3. The van der Waals surface area contributed by atoms with E-state index in [0.717, 1.165) is 5.56 Å². The van der Waals surface area contributed by atoms with Crippen LogP contribution in [-0.4, -0.2) is 8.42 Å². The molecular formula is C16H11LiO2S. The number of hydrogen-bond donors (Lipinski definition) is 0. The average Bonchev–Trinajstić information content (AvgIpc) is 2.70. The molecule has 0 unspecified atom stereocenters. The minimum atomic E-state index is -3.51. The van der Waals surface area contributed by atoms with E-state index in [4.69, 9.17) is 0 Å². The molecule has 2 nitrogen and oxygen atoms in total. The normalized spacial score (nSPS) is 11.0. The molecule has 0 fully saturated rings. The van der Waals surface area contributed by atoms with Crippen LogP contribution in [0.25, 0.3) is 11.1 Å². The van der Waals surface area contributed by atoms with Crippen molar-refractivity contribution in [1.82, 2.24) is 0 Å². The van der Waals surface area contributed by atoms with Crippen molar-refractivity contribution in [3.63, 3.8) is 0 Å². The van der Waals surface area contributed by atoms with Gasteiger partial charge in [0.15, 0.2) is 9.84 Å². The molecule has 4 heteroatoms. The van der Waals surface area contributed by atoms with E-state index in [2.05, 4.69) is 6.07 Å².